The summed E-state index contributed by atoms with van der Waals surface area (Å²) in [6.45, 7) is 3.24. The summed E-state index contributed by atoms with van der Waals surface area (Å²) in [5.74, 6) is -0.258. The molecule has 0 spiro atoms. The molecule has 0 aromatic heterocycles. The van der Waals surface area contributed by atoms with E-state index in [0.29, 0.717) is 5.57 Å². The SMILES string of the molecule is C/C(=C/C(=O)N(C)C1CCNCC1)c1ccccc1C(F)(F)F.Cl. The zero-order valence-corrected chi connectivity index (χ0v) is 14.5. The van der Waals surface area contributed by atoms with Crippen molar-refractivity contribution in [2.45, 2.75) is 32.0 Å². The minimum atomic E-state index is -4.43. The maximum absolute atomic E-state index is 13.1. The summed E-state index contributed by atoms with van der Waals surface area (Å²) < 4.78 is 39.2. The smallest absolute Gasteiger partial charge is 0.339 e. The molecule has 0 unspecified atom stereocenters. The number of rotatable bonds is 3. The molecule has 0 radical (unpaired) electrons. The Morgan fingerprint density at radius 3 is 2.42 bits per heavy atom. The molecule has 0 atom stereocenters. The summed E-state index contributed by atoms with van der Waals surface area (Å²) in [7, 11) is 1.71. The molecule has 2 rings (SSSR count). The van der Waals surface area contributed by atoms with Gasteiger partial charge in [0.25, 0.3) is 0 Å². The highest BCUT2D eigenvalue weighted by molar-refractivity contribution is 5.95. The average molecular weight is 363 g/mol. The third kappa shape index (κ3) is 4.98. The van der Waals surface area contributed by atoms with Crippen molar-refractivity contribution in [1.29, 1.82) is 0 Å². The first-order chi connectivity index (χ1) is 10.8. The molecule has 0 saturated carbocycles. The topological polar surface area (TPSA) is 32.3 Å². The number of carbonyl (C=O) groups excluding carboxylic acids is 1. The van der Waals surface area contributed by atoms with E-state index < -0.39 is 11.7 Å². The largest absolute Gasteiger partial charge is 0.416 e. The van der Waals surface area contributed by atoms with Crippen LogP contribution >= 0.6 is 12.4 Å². The molecule has 24 heavy (non-hydrogen) atoms. The molecular formula is C17H22ClF3N2O. The lowest BCUT2D eigenvalue weighted by Crippen LogP contribution is -2.43. The molecule has 3 nitrogen and oxygen atoms in total. The first kappa shape index (κ1) is 20.5. The van der Waals surface area contributed by atoms with Crippen molar-refractivity contribution in [2.24, 2.45) is 0 Å². The normalized spacial score (nSPS) is 16.5. The van der Waals surface area contributed by atoms with Crippen LogP contribution in [0.1, 0.15) is 30.9 Å². The van der Waals surface area contributed by atoms with Gasteiger partial charge in [0.15, 0.2) is 0 Å². The molecule has 1 aromatic rings. The number of hydrogen-bond donors (Lipinski definition) is 1. The first-order valence-electron chi connectivity index (χ1n) is 7.63. The van der Waals surface area contributed by atoms with Gasteiger partial charge in [0.2, 0.25) is 5.91 Å². The standard InChI is InChI=1S/C17H21F3N2O.ClH/c1-12(14-5-3-4-6-15(14)17(18,19)20)11-16(23)22(2)13-7-9-21-10-8-13;/h3-6,11,13,21H,7-10H2,1-2H3;1H/b12-11-;. The van der Waals surface area contributed by atoms with E-state index in [1.54, 1.807) is 24.9 Å². The van der Waals surface area contributed by atoms with Crippen molar-refractivity contribution in [1.82, 2.24) is 10.2 Å². The number of benzene rings is 1. The molecule has 1 aliphatic rings. The fraction of sp³-hybridized carbons (Fsp3) is 0.471. The Hall–Kier alpha value is -1.53. The predicted molar refractivity (Wildman–Crippen MR) is 91.0 cm³/mol. The minimum absolute atomic E-state index is 0. The minimum Gasteiger partial charge on any atom is -0.339 e. The number of nitrogens with one attached hydrogen (secondary N) is 1. The van der Waals surface area contributed by atoms with E-state index >= 15 is 0 Å². The number of halogens is 4. The van der Waals surface area contributed by atoms with Crippen molar-refractivity contribution in [3.8, 4) is 0 Å². The lowest BCUT2D eigenvalue weighted by molar-refractivity contribution is -0.137. The Morgan fingerprint density at radius 2 is 1.83 bits per heavy atom. The second-order valence-electron chi connectivity index (χ2n) is 5.80. The third-order valence-electron chi connectivity index (χ3n) is 4.20. The molecule has 1 heterocycles. The van der Waals surface area contributed by atoms with Crippen LogP contribution < -0.4 is 5.32 Å². The van der Waals surface area contributed by atoms with Crippen LogP contribution in [0.2, 0.25) is 0 Å². The molecule has 1 aliphatic heterocycles. The molecule has 1 amide bonds. The summed E-state index contributed by atoms with van der Waals surface area (Å²) in [5, 5.41) is 3.22. The van der Waals surface area contributed by atoms with Crippen molar-refractivity contribution in [3.63, 3.8) is 0 Å². The molecule has 7 heteroatoms. The van der Waals surface area contributed by atoms with Gasteiger partial charge in [-0.3, -0.25) is 4.79 Å². The number of piperidine rings is 1. The van der Waals surface area contributed by atoms with Gasteiger partial charge in [-0.05, 0) is 50.1 Å². The highest BCUT2D eigenvalue weighted by Crippen LogP contribution is 2.34. The average Bonchev–Trinajstić information content (AvgIpc) is 2.54. The number of alkyl halides is 3. The van der Waals surface area contributed by atoms with Gasteiger partial charge in [-0.25, -0.2) is 0 Å². The summed E-state index contributed by atoms with van der Waals surface area (Å²) in [5.41, 5.74) is -0.346. The number of likely N-dealkylation sites (N-methyl/N-ethyl adjacent to an activating group) is 1. The Balaban J connectivity index is 0.00000288. The Kier molecular flexibility index (Phi) is 7.29. The predicted octanol–water partition coefficient (Wildman–Crippen LogP) is 3.74. The molecule has 1 fully saturated rings. The summed E-state index contributed by atoms with van der Waals surface area (Å²) in [4.78, 5) is 14.0. The Bertz CT molecular complexity index is 596. The maximum atomic E-state index is 13.1. The van der Waals surface area contributed by atoms with Crippen LogP contribution in [0.5, 0.6) is 0 Å². The van der Waals surface area contributed by atoms with Crippen LogP contribution in [0.3, 0.4) is 0 Å². The van der Waals surface area contributed by atoms with Crippen LogP contribution in [0.4, 0.5) is 13.2 Å². The first-order valence-corrected chi connectivity index (χ1v) is 7.63. The molecule has 1 aromatic carbocycles. The molecule has 0 bridgehead atoms. The fourth-order valence-electron chi connectivity index (χ4n) is 2.81. The monoisotopic (exact) mass is 362 g/mol. The number of hydrogen-bond acceptors (Lipinski definition) is 2. The van der Waals surface area contributed by atoms with Crippen LogP contribution in [0.15, 0.2) is 30.3 Å². The Labute approximate surface area is 146 Å². The lowest BCUT2D eigenvalue weighted by atomic mass is 9.99. The van der Waals surface area contributed by atoms with E-state index in [0.717, 1.165) is 32.0 Å². The number of allylic oxidation sites excluding steroid dienone is 1. The van der Waals surface area contributed by atoms with E-state index in [1.807, 2.05) is 0 Å². The van der Waals surface area contributed by atoms with Gasteiger partial charge in [0.1, 0.15) is 0 Å². The van der Waals surface area contributed by atoms with Gasteiger partial charge in [0.05, 0.1) is 5.56 Å². The van der Waals surface area contributed by atoms with E-state index in [4.69, 9.17) is 0 Å². The molecular weight excluding hydrogens is 341 g/mol. The number of carbonyl (C=O) groups is 1. The van der Waals surface area contributed by atoms with Crippen LogP contribution in [0.25, 0.3) is 5.57 Å². The fourth-order valence-corrected chi connectivity index (χ4v) is 2.81. The van der Waals surface area contributed by atoms with Crippen molar-refractivity contribution >= 4 is 23.9 Å². The molecule has 1 saturated heterocycles. The molecule has 134 valence electrons. The van der Waals surface area contributed by atoms with Crippen LogP contribution in [-0.2, 0) is 11.0 Å². The summed E-state index contributed by atoms with van der Waals surface area (Å²) >= 11 is 0. The van der Waals surface area contributed by atoms with E-state index in [-0.39, 0.29) is 29.9 Å². The van der Waals surface area contributed by atoms with Crippen LogP contribution in [-0.4, -0.2) is 37.0 Å². The van der Waals surface area contributed by atoms with Gasteiger partial charge in [-0.2, -0.15) is 13.2 Å². The van der Waals surface area contributed by atoms with Gasteiger partial charge in [0, 0.05) is 19.2 Å². The highest BCUT2D eigenvalue weighted by atomic mass is 35.5. The quantitative estimate of drug-likeness (QED) is 0.831. The van der Waals surface area contributed by atoms with E-state index in [2.05, 4.69) is 5.32 Å². The van der Waals surface area contributed by atoms with Crippen molar-refractivity contribution < 1.29 is 18.0 Å². The van der Waals surface area contributed by atoms with Crippen molar-refractivity contribution in [2.75, 3.05) is 20.1 Å². The van der Waals surface area contributed by atoms with E-state index in [9.17, 15) is 18.0 Å². The molecule has 0 aliphatic carbocycles. The lowest BCUT2D eigenvalue weighted by Gasteiger charge is -2.31. The van der Waals surface area contributed by atoms with Gasteiger partial charge < -0.3 is 10.2 Å². The Morgan fingerprint density at radius 1 is 1.25 bits per heavy atom. The molecule has 1 N–H and O–H groups in total. The number of amides is 1. The zero-order valence-electron chi connectivity index (χ0n) is 13.7. The zero-order chi connectivity index (χ0) is 17.0. The van der Waals surface area contributed by atoms with Gasteiger partial charge in [-0.1, -0.05) is 18.2 Å². The second-order valence-corrected chi connectivity index (χ2v) is 5.80. The summed E-state index contributed by atoms with van der Waals surface area (Å²) in [6.07, 6.45) is -1.43. The maximum Gasteiger partial charge on any atom is 0.416 e. The third-order valence-corrected chi connectivity index (χ3v) is 4.20. The van der Waals surface area contributed by atoms with Gasteiger partial charge >= 0.3 is 6.18 Å². The second kappa shape index (κ2) is 8.53. The summed E-state index contributed by atoms with van der Waals surface area (Å²) in [6, 6.07) is 5.46. The van der Waals surface area contributed by atoms with Gasteiger partial charge in [-0.15, -0.1) is 12.4 Å². The highest BCUT2D eigenvalue weighted by Gasteiger charge is 2.33. The van der Waals surface area contributed by atoms with Crippen LogP contribution in [0, 0.1) is 0 Å². The van der Waals surface area contributed by atoms with E-state index in [1.165, 1.54) is 18.2 Å². The van der Waals surface area contributed by atoms with Crippen molar-refractivity contribution in [3.05, 3.63) is 41.5 Å². The number of nitrogens with zero attached hydrogens (tertiary/aromatic N) is 1.